The summed E-state index contributed by atoms with van der Waals surface area (Å²) in [6.07, 6.45) is 3.13. The van der Waals surface area contributed by atoms with Gasteiger partial charge in [0.05, 0.1) is 11.9 Å². The lowest BCUT2D eigenvalue weighted by Gasteiger charge is -2.33. The molecule has 0 saturated heterocycles. The molecule has 35 heavy (non-hydrogen) atoms. The predicted molar refractivity (Wildman–Crippen MR) is 142 cm³/mol. The Morgan fingerprint density at radius 3 is 2.34 bits per heavy atom. The van der Waals surface area contributed by atoms with Crippen LogP contribution in [0.25, 0.3) is 0 Å². The highest BCUT2D eigenvalue weighted by molar-refractivity contribution is 7.92. The Bertz CT molecular complexity index is 1140. The number of halogens is 2. The number of nitrogens with one attached hydrogen (secondary N) is 1. The Morgan fingerprint density at radius 1 is 1.09 bits per heavy atom. The van der Waals surface area contributed by atoms with Crippen molar-refractivity contribution in [1.29, 1.82) is 0 Å². The molecule has 7 nitrogen and oxygen atoms in total. The monoisotopic (exact) mass is 541 g/mol. The van der Waals surface area contributed by atoms with Crippen LogP contribution in [0.5, 0.6) is 0 Å². The zero-order valence-electron chi connectivity index (χ0n) is 20.6. The fourth-order valence-corrected chi connectivity index (χ4v) is 5.06. The molecular weight excluding hydrogens is 509 g/mol. The SMILES string of the molecule is CCCCNC(=O)[C@H](CC)N(Cc1ccccc1Cl)C(=O)CN(c1ccc(Cl)cc1C)S(C)(=O)=O. The van der Waals surface area contributed by atoms with Crippen LogP contribution in [0.4, 0.5) is 5.69 Å². The number of aryl methyl sites for hydroxylation is 1. The number of anilines is 1. The van der Waals surface area contributed by atoms with Crippen molar-refractivity contribution in [3.8, 4) is 0 Å². The Hall–Kier alpha value is -2.29. The minimum absolute atomic E-state index is 0.0649. The van der Waals surface area contributed by atoms with Gasteiger partial charge < -0.3 is 10.2 Å². The van der Waals surface area contributed by atoms with E-state index in [2.05, 4.69) is 5.32 Å². The van der Waals surface area contributed by atoms with Crippen molar-refractivity contribution in [3.05, 3.63) is 63.6 Å². The number of carbonyl (C=O) groups is 2. The molecule has 2 aromatic carbocycles. The van der Waals surface area contributed by atoms with Crippen LogP contribution in [0.1, 0.15) is 44.2 Å². The van der Waals surface area contributed by atoms with E-state index >= 15 is 0 Å². The lowest BCUT2D eigenvalue weighted by Crippen LogP contribution is -2.52. The van der Waals surface area contributed by atoms with Gasteiger partial charge in [0.1, 0.15) is 12.6 Å². The molecule has 2 aromatic rings. The normalized spacial score (nSPS) is 12.2. The first kappa shape index (κ1) is 28.9. The second-order valence-electron chi connectivity index (χ2n) is 8.38. The van der Waals surface area contributed by atoms with Gasteiger partial charge in [-0.15, -0.1) is 0 Å². The molecule has 2 rings (SSSR count). The fraction of sp³-hybridized carbons (Fsp3) is 0.440. The smallest absolute Gasteiger partial charge is 0.244 e. The summed E-state index contributed by atoms with van der Waals surface area (Å²) in [5.41, 5.74) is 1.62. The van der Waals surface area contributed by atoms with E-state index in [0.717, 1.165) is 23.4 Å². The molecule has 0 saturated carbocycles. The first-order valence-electron chi connectivity index (χ1n) is 11.5. The van der Waals surface area contributed by atoms with E-state index in [1.807, 2.05) is 13.8 Å². The molecule has 0 radical (unpaired) electrons. The van der Waals surface area contributed by atoms with Crippen LogP contribution in [0.3, 0.4) is 0 Å². The summed E-state index contributed by atoms with van der Waals surface area (Å²) < 4.78 is 26.5. The summed E-state index contributed by atoms with van der Waals surface area (Å²) in [4.78, 5) is 28.1. The Balaban J connectivity index is 2.45. The van der Waals surface area contributed by atoms with Crippen molar-refractivity contribution in [2.45, 2.75) is 52.6 Å². The summed E-state index contributed by atoms with van der Waals surface area (Å²) in [6, 6.07) is 11.1. The molecule has 0 aliphatic rings. The zero-order valence-corrected chi connectivity index (χ0v) is 22.9. The maximum Gasteiger partial charge on any atom is 0.244 e. The number of sulfonamides is 1. The third-order valence-electron chi connectivity index (χ3n) is 5.62. The molecule has 0 aliphatic carbocycles. The average Bonchev–Trinajstić information content (AvgIpc) is 2.78. The first-order chi connectivity index (χ1) is 16.5. The zero-order chi connectivity index (χ0) is 26.2. The highest BCUT2D eigenvalue weighted by Crippen LogP contribution is 2.26. The third-order valence-corrected chi connectivity index (χ3v) is 7.35. The van der Waals surface area contributed by atoms with E-state index in [4.69, 9.17) is 23.2 Å². The minimum atomic E-state index is -3.82. The number of nitrogens with zero attached hydrogens (tertiary/aromatic N) is 2. The number of carbonyl (C=O) groups excluding carboxylic acids is 2. The summed E-state index contributed by atoms with van der Waals surface area (Å²) in [5, 5.41) is 3.81. The maximum absolute atomic E-state index is 13.7. The predicted octanol–water partition coefficient (Wildman–Crippen LogP) is 4.79. The Morgan fingerprint density at radius 2 is 1.77 bits per heavy atom. The molecule has 0 heterocycles. The van der Waals surface area contributed by atoms with Gasteiger partial charge in [0.2, 0.25) is 21.8 Å². The summed E-state index contributed by atoms with van der Waals surface area (Å²) in [7, 11) is -3.82. The van der Waals surface area contributed by atoms with E-state index in [1.165, 1.54) is 4.90 Å². The van der Waals surface area contributed by atoms with Gasteiger partial charge in [0.15, 0.2) is 0 Å². The molecule has 0 unspecified atom stereocenters. The van der Waals surface area contributed by atoms with Gasteiger partial charge in [0.25, 0.3) is 0 Å². The molecule has 1 atom stereocenters. The van der Waals surface area contributed by atoms with Crippen LogP contribution in [0.15, 0.2) is 42.5 Å². The highest BCUT2D eigenvalue weighted by Gasteiger charge is 2.32. The summed E-state index contributed by atoms with van der Waals surface area (Å²) in [6.45, 7) is 5.66. The van der Waals surface area contributed by atoms with E-state index < -0.39 is 28.5 Å². The Kier molecular flexibility index (Phi) is 10.9. The van der Waals surface area contributed by atoms with Crippen molar-refractivity contribution in [2.24, 2.45) is 0 Å². The van der Waals surface area contributed by atoms with Crippen LogP contribution in [-0.2, 0) is 26.2 Å². The lowest BCUT2D eigenvalue weighted by atomic mass is 10.1. The van der Waals surface area contributed by atoms with Gasteiger partial charge in [-0.2, -0.15) is 0 Å². The highest BCUT2D eigenvalue weighted by atomic mass is 35.5. The van der Waals surface area contributed by atoms with E-state index in [0.29, 0.717) is 39.8 Å². The molecular formula is C25H33Cl2N3O4S. The van der Waals surface area contributed by atoms with Crippen LogP contribution < -0.4 is 9.62 Å². The number of amides is 2. The standard InChI is InChI=1S/C25H33Cl2N3O4S/c1-5-7-14-28-25(32)22(6-2)29(16-19-10-8-9-11-21(19)27)24(31)17-30(35(4,33)34)23-13-12-20(26)15-18(23)3/h8-13,15,22H,5-7,14,16-17H2,1-4H3,(H,28,32)/t22-/m0/s1. The minimum Gasteiger partial charge on any atom is -0.354 e. The van der Waals surface area contributed by atoms with Crippen LogP contribution >= 0.6 is 23.2 Å². The van der Waals surface area contributed by atoms with E-state index in [9.17, 15) is 18.0 Å². The van der Waals surface area contributed by atoms with Gasteiger partial charge in [-0.3, -0.25) is 13.9 Å². The van der Waals surface area contributed by atoms with Crippen molar-refractivity contribution >= 4 is 50.7 Å². The van der Waals surface area contributed by atoms with Gasteiger partial charge in [-0.05, 0) is 55.2 Å². The molecule has 0 aromatic heterocycles. The maximum atomic E-state index is 13.7. The number of unbranched alkanes of at least 4 members (excludes halogenated alkanes) is 1. The molecule has 10 heteroatoms. The van der Waals surface area contributed by atoms with Gasteiger partial charge in [0, 0.05) is 23.1 Å². The lowest BCUT2D eigenvalue weighted by molar-refractivity contribution is -0.140. The number of hydrogen-bond donors (Lipinski definition) is 1. The number of benzene rings is 2. The molecule has 0 spiro atoms. The van der Waals surface area contributed by atoms with Crippen LogP contribution in [0.2, 0.25) is 10.0 Å². The van der Waals surface area contributed by atoms with Crippen molar-refractivity contribution in [3.63, 3.8) is 0 Å². The van der Waals surface area contributed by atoms with Gasteiger partial charge in [-0.1, -0.05) is 61.7 Å². The van der Waals surface area contributed by atoms with Crippen molar-refractivity contribution < 1.29 is 18.0 Å². The summed E-state index contributed by atoms with van der Waals surface area (Å²) >= 11 is 12.4. The largest absolute Gasteiger partial charge is 0.354 e. The topological polar surface area (TPSA) is 86.8 Å². The fourth-order valence-electron chi connectivity index (χ4n) is 3.73. The molecule has 1 N–H and O–H groups in total. The molecule has 0 bridgehead atoms. The molecule has 2 amide bonds. The first-order valence-corrected chi connectivity index (χ1v) is 14.1. The van der Waals surface area contributed by atoms with Gasteiger partial charge in [-0.25, -0.2) is 8.42 Å². The van der Waals surface area contributed by atoms with E-state index in [-0.39, 0.29) is 12.5 Å². The van der Waals surface area contributed by atoms with E-state index in [1.54, 1.807) is 49.4 Å². The number of hydrogen-bond acceptors (Lipinski definition) is 4. The van der Waals surface area contributed by atoms with Crippen molar-refractivity contribution in [1.82, 2.24) is 10.2 Å². The second-order valence-corrected chi connectivity index (χ2v) is 11.1. The summed E-state index contributed by atoms with van der Waals surface area (Å²) in [5.74, 6) is -0.794. The molecule has 0 aliphatic heterocycles. The quantitative estimate of drug-likeness (QED) is 0.391. The third kappa shape index (κ3) is 8.12. The second kappa shape index (κ2) is 13.1. The number of rotatable bonds is 12. The van der Waals surface area contributed by atoms with Crippen LogP contribution in [0, 0.1) is 6.92 Å². The Labute approximate surface area is 218 Å². The van der Waals surface area contributed by atoms with Gasteiger partial charge >= 0.3 is 0 Å². The van der Waals surface area contributed by atoms with Crippen molar-refractivity contribution in [2.75, 3.05) is 23.7 Å². The average molecular weight is 543 g/mol. The van der Waals surface area contributed by atoms with Crippen LogP contribution in [-0.4, -0.2) is 50.5 Å². The molecule has 192 valence electrons. The molecule has 0 fully saturated rings.